The van der Waals surface area contributed by atoms with Crippen LogP contribution in [0.15, 0.2) is 23.2 Å². The lowest BCUT2D eigenvalue weighted by atomic mass is 9.85. The van der Waals surface area contributed by atoms with E-state index in [9.17, 15) is 10.2 Å². The summed E-state index contributed by atoms with van der Waals surface area (Å²) in [6, 6.07) is 5.75. The molecule has 2 N–H and O–H groups in total. The quantitative estimate of drug-likeness (QED) is 0.831. The summed E-state index contributed by atoms with van der Waals surface area (Å²) in [5.74, 6) is 0.296. The molecule has 1 fully saturated rings. The van der Waals surface area contributed by atoms with Crippen LogP contribution in [0, 0.1) is 0 Å². The van der Waals surface area contributed by atoms with Crippen LogP contribution in [0.3, 0.4) is 0 Å². The molecule has 0 unspecified atom stereocenters. The van der Waals surface area contributed by atoms with Gasteiger partial charge in [0.15, 0.2) is 0 Å². The van der Waals surface area contributed by atoms with Crippen LogP contribution in [0.1, 0.15) is 64.0 Å². The van der Waals surface area contributed by atoms with E-state index in [1.165, 1.54) is 6.42 Å². The van der Waals surface area contributed by atoms with Gasteiger partial charge < -0.3 is 10.2 Å². The first kappa shape index (κ1) is 16.0. The molecule has 0 amide bonds. The van der Waals surface area contributed by atoms with E-state index >= 15 is 0 Å². The fraction of sp³-hybridized carbons (Fsp3) is 0.611. The van der Waals surface area contributed by atoms with Gasteiger partial charge >= 0.3 is 0 Å². The lowest BCUT2D eigenvalue weighted by Crippen LogP contribution is -2.34. The highest BCUT2D eigenvalue weighted by Crippen LogP contribution is 2.32. The minimum Gasteiger partial charge on any atom is -0.507 e. The number of aliphatic imine (C=N–C) groups is 1. The van der Waals surface area contributed by atoms with Crippen LogP contribution in [0.2, 0.25) is 0 Å². The van der Waals surface area contributed by atoms with Crippen LogP contribution in [0.5, 0.6) is 5.75 Å². The molecule has 2 rings (SSSR count). The highest BCUT2D eigenvalue weighted by atomic mass is 16.3. The average molecular weight is 289 g/mol. The summed E-state index contributed by atoms with van der Waals surface area (Å²) in [5, 5.41) is 20.8. The second-order valence-corrected chi connectivity index (χ2v) is 7.25. The predicted molar refractivity (Wildman–Crippen MR) is 87.3 cm³/mol. The van der Waals surface area contributed by atoms with Crippen molar-refractivity contribution < 1.29 is 10.2 Å². The lowest BCUT2D eigenvalue weighted by Gasteiger charge is -2.30. The van der Waals surface area contributed by atoms with Crippen molar-refractivity contribution in [3.05, 3.63) is 29.3 Å². The third-order valence-corrected chi connectivity index (χ3v) is 4.28. The Balaban J connectivity index is 2.11. The van der Waals surface area contributed by atoms with Crippen LogP contribution in [-0.2, 0) is 5.41 Å². The molecule has 1 aliphatic rings. The minimum atomic E-state index is -0.647. The molecule has 116 valence electrons. The molecule has 0 radical (unpaired) electrons. The number of benzene rings is 1. The molecule has 0 saturated heterocycles. The van der Waals surface area contributed by atoms with Crippen molar-refractivity contribution in [2.45, 2.75) is 63.9 Å². The number of aromatic hydroxyl groups is 1. The molecule has 3 heteroatoms. The van der Waals surface area contributed by atoms with E-state index in [1.807, 2.05) is 18.2 Å². The Kier molecular flexibility index (Phi) is 4.72. The second kappa shape index (κ2) is 6.18. The minimum absolute atomic E-state index is 0.102. The SMILES string of the molecule is CC(C)(C)c1cccc(C=NCC2(O)CCCCC2)c1O. The van der Waals surface area contributed by atoms with Crippen molar-refractivity contribution in [2.24, 2.45) is 4.99 Å². The average Bonchev–Trinajstić information content (AvgIpc) is 2.40. The molecular weight excluding hydrogens is 262 g/mol. The van der Waals surface area contributed by atoms with Gasteiger partial charge in [0.25, 0.3) is 0 Å². The van der Waals surface area contributed by atoms with E-state index in [0.29, 0.717) is 12.3 Å². The first-order chi connectivity index (χ1) is 9.82. The number of rotatable bonds is 3. The largest absolute Gasteiger partial charge is 0.507 e. The number of hydrogen-bond acceptors (Lipinski definition) is 3. The summed E-state index contributed by atoms with van der Waals surface area (Å²) in [4.78, 5) is 4.39. The first-order valence-corrected chi connectivity index (χ1v) is 7.86. The van der Waals surface area contributed by atoms with Gasteiger partial charge in [0.05, 0.1) is 12.1 Å². The molecule has 1 aromatic rings. The van der Waals surface area contributed by atoms with E-state index in [1.54, 1.807) is 6.21 Å². The summed E-state index contributed by atoms with van der Waals surface area (Å²) >= 11 is 0. The molecule has 0 aliphatic heterocycles. The maximum absolute atomic E-state index is 10.4. The fourth-order valence-corrected chi connectivity index (χ4v) is 2.95. The standard InChI is InChI=1S/C18H27NO2/c1-17(2,3)15-9-7-8-14(16(15)20)12-19-13-18(21)10-5-4-6-11-18/h7-9,12,20-21H,4-6,10-11,13H2,1-3H3. The Bertz CT molecular complexity index is 508. The highest BCUT2D eigenvalue weighted by molar-refractivity contribution is 5.84. The molecule has 0 spiro atoms. The molecule has 0 atom stereocenters. The van der Waals surface area contributed by atoms with Gasteiger partial charge in [-0.15, -0.1) is 0 Å². The third-order valence-electron chi connectivity index (χ3n) is 4.28. The summed E-state index contributed by atoms with van der Waals surface area (Å²) in [6.45, 7) is 6.65. The van der Waals surface area contributed by atoms with Crippen LogP contribution in [0.4, 0.5) is 0 Å². The summed E-state index contributed by atoms with van der Waals surface area (Å²) < 4.78 is 0. The van der Waals surface area contributed by atoms with E-state index < -0.39 is 5.60 Å². The number of phenols is 1. The number of phenolic OH excluding ortho intramolecular Hbond substituents is 1. The monoisotopic (exact) mass is 289 g/mol. The van der Waals surface area contributed by atoms with Crippen molar-refractivity contribution in [2.75, 3.05) is 6.54 Å². The van der Waals surface area contributed by atoms with Gasteiger partial charge in [-0.2, -0.15) is 0 Å². The molecule has 0 aromatic heterocycles. The second-order valence-electron chi connectivity index (χ2n) is 7.25. The smallest absolute Gasteiger partial charge is 0.128 e. The molecule has 21 heavy (non-hydrogen) atoms. The van der Waals surface area contributed by atoms with Gasteiger partial charge in [0, 0.05) is 11.8 Å². The van der Waals surface area contributed by atoms with Gasteiger partial charge in [-0.05, 0) is 29.9 Å². The normalized spacial score (nSPS) is 19.0. The summed E-state index contributed by atoms with van der Waals surface area (Å²) in [5.41, 5.74) is 0.895. The topological polar surface area (TPSA) is 52.8 Å². The molecule has 3 nitrogen and oxygen atoms in total. The van der Waals surface area contributed by atoms with E-state index in [-0.39, 0.29) is 5.41 Å². The maximum atomic E-state index is 10.4. The predicted octanol–water partition coefficient (Wildman–Crippen LogP) is 3.80. The Morgan fingerprint density at radius 1 is 1.19 bits per heavy atom. The molecule has 0 heterocycles. The van der Waals surface area contributed by atoms with Crippen LogP contribution in [0.25, 0.3) is 0 Å². The maximum Gasteiger partial charge on any atom is 0.128 e. The van der Waals surface area contributed by atoms with E-state index in [0.717, 1.165) is 36.8 Å². The molecule has 1 saturated carbocycles. The summed E-state index contributed by atoms with van der Waals surface area (Å²) in [6.07, 6.45) is 6.72. The lowest BCUT2D eigenvalue weighted by molar-refractivity contribution is 0.0134. The van der Waals surface area contributed by atoms with Crippen LogP contribution in [-0.4, -0.2) is 28.6 Å². The third kappa shape index (κ3) is 4.07. The van der Waals surface area contributed by atoms with Crippen molar-refractivity contribution >= 4 is 6.21 Å². The van der Waals surface area contributed by atoms with Crippen molar-refractivity contribution in [1.82, 2.24) is 0 Å². The fourth-order valence-electron chi connectivity index (χ4n) is 2.95. The molecule has 1 aliphatic carbocycles. The number of para-hydroxylation sites is 1. The molecule has 0 bridgehead atoms. The van der Waals surface area contributed by atoms with E-state index in [2.05, 4.69) is 25.8 Å². The summed E-state index contributed by atoms with van der Waals surface area (Å²) in [7, 11) is 0. The van der Waals surface area contributed by atoms with Gasteiger partial charge in [-0.25, -0.2) is 0 Å². The Morgan fingerprint density at radius 3 is 2.48 bits per heavy atom. The zero-order valence-electron chi connectivity index (χ0n) is 13.4. The number of hydrogen-bond donors (Lipinski definition) is 2. The van der Waals surface area contributed by atoms with Gasteiger partial charge in [0.1, 0.15) is 5.75 Å². The Morgan fingerprint density at radius 2 is 1.86 bits per heavy atom. The number of nitrogens with zero attached hydrogens (tertiary/aromatic N) is 1. The Labute approximate surface area is 127 Å². The molecular formula is C18H27NO2. The number of aliphatic hydroxyl groups is 1. The van der Waals surface area contributed by atoms with E-state index in [4.69, 9.17) is 0 Å². The Hall–Kier alpha value is -1.35. The van der Waals surface area contributed by atoms with Crippen molar-refractivity contribution in [3.8, 4) is 5.75 Å². The van der Waals surface area contributed by atoms with Crippen molar-refractivity contribution in [3.63, 3.8) is 0 Å². The van der Waals surface area contributed by atoms with Crippen LogP contribution >= 0.6 is 0 Å². The zero-order chi connectivity index (χ0) is 15.5. The van der Waals surface area contributed by atoms with Gasteiger partial charge in [-0.1, -0.05) is 52.2 Å². The van der Waals surface area contributed by atoms with Crippen LogP contribution < -0.4 is 0 Å². The zero-order valence-corrected chi connectivity index (χ0v) is 13.4. The first-order valence-electron chi connectivity index (χ1n) is 7.86. The van der Waals surface area contributed by atoms with Gasteiger partial charge in [-0.3, -0.25) is 4.99 Å². The van der Waals surface area contributed by atoms with Crippen molar-refractivity contribution in [1.29, 1.82) is 0 Å². The van der Waals surface area contributed by atoms with Gasteiger partial charge in [0.2, 0.25) is 0 Å². The highest BCUT2D eigenvalue weighted by Gasteiger charge is 2.28. The molecule has 1 aromatic carbocycles.